The first kappa shape index (κ1) is 11.7. The van der Waals surface area contributed by atoms with Gasteiger partial charge >= 0.3 is 0 Å². The number of pyridine rings is 1. The van der Waals surface area contributed by atoms with Gasteiger partial charge in [-0.15, -0.1) is 0 Å². The Morgan fingerprint density at radius 2 is 2.10 bits per heavy atom. The van der Waals surface area contributed by atoms with E-state index in [0.717, 1.165) is 29.3 Å². The van der Waals surface area contributed by atoms with Gasteiger partial charge in [0.15, 0.2) is 0 Å². The van der Waals surface area contributed by atoms with Crippen molar-refractivity contribution < 1.29 is 4.74 Å². The molecule has 4 nitrogen and oxygen atoms in total. The van der Waals surface area contributed by atoms with Gasteiger partial charge in [-0.3, -0.25) is 5.01 Å². The SMILES string of the molecule is Clc1ccc(N2CC3COc4ccccc4C3=N2)cn1. The summed E-state index contributed by atoms with van der Waals surface area (Å²) in [5, 5.41) is 7.20. The summed E-state index contributed by atoms with van der Waals surface area (Å²) in [5.41, 5.74) is 3.14. The molecule has 0 aliphatic carbocycles. The fourth-order valence-electron chi connectivity index (χ4n) is 2.63. The standard InChI is InChI=1S/C15H12ClN3O/c16-14-6-5-11(7-17-14)19-8-10-9-20-13-4-2-1-3-12(13)15(10)18-19/h1-7,10H,8-9H2. The Bertz CT molecular complexity index is 684. The summed E-state index contributed by atoms with van der Waals surface area (Å²) in [7, 11) is 0. The monoisotopic (exact) mass is 285 g/mol. The van der Waals surface area contributed by atoms with Gasteiger partial charge < -0.3 is 4.74 Å². The van der Waals surface area contributed by atoms with E-state index in [-0.39, 0.29) is 0 Å². The largest absolute Gasteiger partial charge is 0.492 e. The van der Waals surface area contributed by atoms with Crippen molar-refractivity contribution >= 4 is 23.0 Å². The van der Waals surface area contributed by atoms with Gasteiger partial charge in [0.1, 0.15) is 10.9 Å². The molecule has 4 rings (SSSR count). The maximum absolute atomic E-state index is 5.82. The van der Waals surface area contributed by atoms with Gasteiger partial charge in [0.2, 0.25) is 0 Å². The molecule has 0 amide bonds. The Hall–Kier alpha value is -2.07. The van der Waals surface area contributed by atoms with Crippen molar-refractivity contribution in [3.05, 3.63) is 53.3 Å². The van der Waals surface area contributed by atoms with Crippen molar-refractivity contribution in [2.45, 2.75) is 0 Å². The Morgan fingerprint density at radius 1 is 1.20 bits per heavy atom. The van der Waals surface area contributed by atoms with Gasteiger partial charge in [-0.25, -0.2) is 4.98 Å². The summed E-state index contributed by atoms with van der Waals surface area (Å²) in [4.78, 5) is 4.11. The molecule has 0 bridgehead atoms. The lowest BCUT2D eigenvalue weighted by Gasteiger charge is -2.22. The van der Waals surface area contributed by atoms with Crippen LogP contribution in [0.2, 0.25) is 5.15 Å². The summed E-state index contributed by atoms with van der Waals surface area (Å²) in [6.07, 6.45) is 1.75. The molecule has 3 heterocycles. The third-order valence-corrected chi connectivity index (χ3v) is 3.84. The number of fused-ring (bicyclic) bond motifs is 3. The zero-order valence-electron chi connectivity index (χ0n) is 10.7. The highest BCUT2D eigenvalue weighted by molar-refractivity contribution is 6.29. The number of halogens is 1. The second kappa shape index (κ2) is 4.49. The van der Waals surface area contributed by atoms with Crippen LogP contribution >= 0.6 is 11.6 Å². The van der Waals surface area contributed by atoms with Gasteiger partial charge in [0.25, 0.3) is 0 Å². The summed E-state index contributed by atoms with van der Waals surface area (Å²) >= 11 is 5.82. The van der Waals surface area contributed by atoms with Crippen LogP contribution in [-0.4, -0.2) is 23.8 Å². The van der Waals surface area contributed by atoms with E-state index < -0.39 is 0 Å². The van der Waals surface area contributed by atoms with E-state index in [2.05, 4.69) is 11.1 Å². The number of aromatic nitrogens is 1. The predicted molar refractivity (Wildman–Crippen MR) is 78.6 cm³/mol. The lowest BCUT2D eigenvalue weighted by Crippen LogP contribution is -2.29. The number of hydrazone groups is 1. The topological polar surface area (TPSA) is 37.7 Å². The number of anilines is 1. The minimum Gasteiger partial charge on any atom is -0.492 e. The lowest BCUT2D eigenvalue weighted by molar-refractivity contribution is 0.280. The highest BCUT2D eigenvalue weighted by Gasteiger charge is 2.34. The summed E-state index contributed by atoms with van der Waals surface area (Å²) in [5.74, 6) is 1.22. The van der Waals surface area contributed by atoms with Gasteiger partial charge in [0, 0.05) is 5.56 Å². The van der Waals surface area contributed by atoms with Gasteiger partial charge in [-0.1, -0.05) is 23.7 Å². The van der Waals surface area contributed by atoms with Crippen molar-refractivity contribution in [2.24, 2.45) is 11.0 Å². The van der Waals surface area contributed by atoms with E-state index in [1.165, 1.54) is 0 Å². The first-order chi connectivity index (χ1) is 9.81. The maximum atomic E-state index is 5.82. The minimum absolute atomic E-state index is 0.306. The van der Waals surface area contributed by atoms with Gasteiger partial charge in [-0.2, -0.15) is 5.10 Å². The fraction of sp³-hybridized carbons (Fsp3) is 0.200. The molecule has 1 aromatic heterocycles. The van der Waals surface area contributed by atoms with E-state index in [1.54, 1.807) is 12.3 Å². The van der Waals surface area contributed by atoms with E-state index >= 15 is 0 Å². The Kier molecular flexibility index (Phi) is 2.63. The zero-order valence-corrected chi connectivity index (χ0v) is 11.4. The average Bonchev–Trinajstić information content (AvgIpc) is 2.92. The van der Waals surface area contributed by atoms with E-state index in [1.807, 2.05) is 29.3 Å². The van der Waals surface area contributed by atoms with Crippen molar-refractivity contribution in [3.63, 3.8) is 0 Å². The molecule has 0 saturated carbocycles. The Labute approximate surface area is 121 Å². The maximum Gasteiger partial charge on any atom is 0.129 e. The number of rotatable bonds is 1. The molecule has 2 aliphatic rings. The van der Waals surface area contributed by atoms with E-state index in [4.69, 9.17) is 21.4 Å². The molecule has 1 unspecified atom stereocenters. The van der Waals surface area contributed by atoms with E-state index in [0.29, 0.717) is 17.7 Å². The first-order valence-corrected chi connectivity index (χ1v) is 6.89. The normalized spacial score (nSPS) is 19.9. The van der Waals surface area contributed by atoms with Crippen LogP contribution in [0.4, 0.5) is 5.69 Å². The fourth-order valence-corrected chi connectivity index (χ4v) is 2.74. The lowest BCUT2D eigenvalue weighted by atomic mass is 9.95. The number of benzene rings is 1. The van der Waals surface area contributed by atoms with Gasteiger partial charge in [0.05, 0.1) is 36.7 Å². The van der Waals surface area contributed by atoms with Gasteiger partial charge in [-0.05, 0) is 24.3 Å². The molecule has 100 valence electrons. The highest BCUT2D eigenvalue weighted by Crippen LogP contribution is 2.33. The van der Waals surface area contributed by atoms with Crippen LogP contribution in [0, 0.1) is 5.92 Å². The zero-order chi connectivity index (χ0) is 13.5. The van der Waals surface area contributed by atoms with Crippen molar-refractivity contribution in [1.29, 1.82) is 0 Å². The van der Waals surface area contributed by atoms with Crippen molar-refractivity contribution in [2.75, 3.05) is 18.2 Å². The third kappa shape index (κ3) is 1.84. The molecular formula is C15H12ClN3O. The predicted octanol–water partition coefficient (Wildman–Crippen LogP) is 2.97. The van der Waals surface area contributed by atoms with Crippen molar-refractivity contribution in [3.8, 4) is 5.75 Å². The molecule has 2 aromatic rings. The highest BCUT2D eigenvalue weighted by atomic mass is 35.5. The quantitative estimate of drug-likeness (QED) is 0.756. The summed E-state index contributed by atoms with van der Waals surface area (Å²) in [6.45, 7) is 1.49. The molecule has 2 aliphatic heterocycles. The summed E-state index contributed by atoms with van der Waals surface area (Å²) < 4.78 is 5.80. The summed E-state index contributed by atoms with van der Waals surface area (Å²) in [6, 6.07) is 11.8. The molecule has 0 saturated heterocycles. The van der Waals surface area contributed by atoms with E-state index in [9.17, 15) is 0 Å². The molecule has 0 spiro atoms. The molecule has 20 heavy (non-hydrogen) atoms. The first-order valence-electron chi connectivity index (χ1n) is 6.51. The Balaban J connectivity index is 1.72. The van der Waals surface area contributed by atoms with Crippen LogP contribution < -0.4 is 9.75 Å². The Morgan fingerprint density at radius 3 is 2.95 bits per heavy atom. The second-order valence-corrected chi connectivity index (χ2v) is 5.30. The van der Waals surface area contributed by atoms with Crippen LogP contribution in [0.1, 0.15) is 5.56 Å². The average molecular weight is 286 g/mol. The minimum atomic E-state index is 0.306. The van der Waals surface area contributed by atoms with Crippen LogP contribution in [-0.2, 0) is 0 Å². The number of nitrogens with zero attached hydrogens (tertiary/aromatic N) is 3. The van der Waals surface area contributed by atoms with Crippen LogP contribution in [0.15, 0.2) is 47.7 Å². The molecule has 0 radical (unpaired) electrons. The number of hydrogen-bond acceptors (Lipinski definition) is 4. The number of hydrogen-bond donors (Lipinski definition) is 0. The third-order valence-electron chi connectivity index (χ3n) is 3.62. The van der Waals surface area contributed by atoms with Crippen molar-refractivity contribution in [1.82, 2.24) is 4.98 Å². The molecule has 5 heteroatoms. The van der Waals surface area contributed by atoms with Crippen LogP contribution in [0.3, 0.4) is 0 Å². The van der Waals surface area contributed by atoms with Crippen LogP contribution in [0.5, 0.6) is 5.75 Å². The smallest absolute Gasteiger partial charge is 0.129 e. The second-order valence-electron chi connectivity index (χ2n) is 4.91. The molecule has 0 N–H and O–H groups in total. The molecule has 1 aromatic carbocycles. The number of para-hydroxylation sites is 1. The number of ether oxygens (including phenoxy) is 1. The molecular weight excluding hydrogens is 274 g/mol. The molecule has 0 fully saturated rings. The molecule has 1 atom stereocenters. The van der Waals surface area contributed by atoms with Crippen LogP contribution in [0.25, 0.3) is 0 Å².